The zero-order chi connectivity index (χ0) is 12.1. The Bertz CT molecular complexity index is 468. The monoisotopic (exact) mass is 227 g/mol. The number of anilines is 2. The molecule has 2 aromatic rings. The number of benzene rings is 1. The van der Waals surface area contributed by atoms with Crippen molar-refractivity contribution in [2.75, 3.05) is 11.1 Å². The summed E-state index contributed by atoms with van der Waals surface area (Å²) < 4.78 is 0. The van der Waals surface area contributed by atoms with Crippen molar-refractivity contribution >= 4 is 11.4 Å². The number of nitrogens with zero attached hydrogens (tertiary/aromatic N) is 1. The second-order valence-electron chi connectivity index (χ2n) is 4.20. The van der Waals surface area contributed by atoms with Crippen LogP contribution in [0, 0.1) is 0 Å². The topological polar surface area (TPSA) is 50.9 Å². The molecule has 1 aromatic carbocycles. The predicted octanol–water partition coefficient (Wildman–Crippen LogP) is 2.71. The van der Waals surface area contributed by atoms with Gasteiger partial charge < -0.3 is 11.1 Å². The summed E-state index contributed by atoms with van der Waals surface area (Å²) in [6.45, 7) is 2.15. The van der Waals surface area contributed by atoms with Crippen molar-refractivity contribution in [2.45, 2.75) is 19.4 Å². The molecule has 88 valence electrons. The van der Waals surface area contributed by atoms with Gasteiger partial charge in [0.1, 0.15) is 0 Å². The molecule has 3 N–H and O–H groups in total. The van der Waals surface area contributed by atoms with E-state index in [1.807, 2.05) is 12.1 Å². The Labute approximate surface area is 102 Å². The molecule has 1 heterocycles. The Hall–Kier alpha value is -2.03. The van der Waals surface area contributed by atoms with Crippen LogP contribution in [0.3, 0.4) is 0 Å². The van der Waals surface area contributed by atoms with Crippen molar-refractivity contribution in [1.29, 1.82) is 0 Å². The number of pyridine rings is 1. The molecule has 0 aliphatic rings. The molecular weight excluding hydrogens is 210 g/mol. The lowest BCUT2D eigenvalue weighted by atomic mass is 10.1. The van der Waals surface area contributed by atoms with Crippen LogP contribution < -0.4 is 11.1 Å². The van der Waals surface area contributed by atoms with Gasteiger partial charge in [0.2, 0.25) is 0 Å². The first-order chi connectivity index (χ1) is 8.25. The second-order valence-corrected chi connectivity index (χ2v) is 4.20. The van der Waals surface area contributed by atoms with Crippen LogP contribution in [0.5, 0.6) is 0 Å². The zero-order valence-corrected chi connectivity index (χ0v) is 9.93. The van der Waals surface area contributed by atoms with Gasteiger partial charge in [0.05, 0.1) is 17.6 Å². The lowest BCUT2D eigenvalue weighted by Gasteiger charge is -2.16. The SMILES string of the molecule is CC(Cc1ccccc1)Nc1ccncc1N. The summed E-state index contributed by atoms with van der Waals surface area (Å²) in [5.74, 6) is 0. The van der Waals surface area contributed by atoms with Crippen LogP contribution in [-0.2, 0) is 6.42 Å². The average molecular weight is 227 g/mol. The summed E-state index contributed by atoms with van der Waals surface area (Å²) in [5.41, 5.74) is 8.79. The van der Waals surface area contributed by atoms with Crippen LogP contribution >= 0.6 is 0 Å². The van der Waals surface area contributed by atoms with Gasteiger partial charge in [-0.1, -0.05) is 30.3 Å². The average Bonchev–Trinajstić information content (AvgIpc) is 2.33. The first-order valence-electron chi connectivity index (χ1n) is 5.75. The molecule has 0 amide bonds. The summed E-state index contributed by atoms with van der Waals surface area (Å²) >= 11 is 0. The highest BCUT2D eigenvalue weighted by molar-refractivity contribution is 5.64. The van der Waals surface area contributed by atoms with Crippen LogP contribution in [0.2, 0.25) is 0 Å². The van der Waals surface area contributed by atoms with E-state index in [0.29, 0.717) is 11.7 Å². The molecular formula is C14H17N3. The molecule has 0 saturated carbocycles. The zero-order valence-electron chi connectivity index (χ0n) is 9.93. The van der Waals surface area contributed by atoms with E-state index in [1.165, 1.54) is 5.56 Å². The van der Waals surface area contributed by atoms with Gasteiger partial charge in [0, 0.05) is 12.2 Å². The molecule has 3 heteroatoms. The van der Waals surface area contributed by atoms with Crippen molar-refractivity contribution in [2.24, 2.45) is 0 Å². The van der Waals surface area contributed by atoms with Crippen LogP contribution in [0.1, 0.15) is 12.5 Å². The molecule has 0 bridgehead atoms. The lowest BCUT2D eigenvalue weighted by molar-refractivity contribution is 0.790. The normalized spacial score (nSPS) is 12.1. The van der Waals surface area contributed by atoms with Gasteiger partial charge >= 0.3 is 0 Å². The van der Waals surface area contributed by atoms with Crippen LogP contribution in [0.4, 0.5) is 11.4 Å². The summed E-state index contributed by atoms with van der Waals surface area (Å²) in [4.78, 5) is 3.97. The maximum Gasteiger partial charge on any atom is 0.0736 e. The Balaban J connectivity index is 1.98. The van der Waals surface area contributed by atoms with E-state index in [1.54, 1.807) is 12.4 Å². The summed E-state index contributed by atoms with van der Waals surface area (Å²) in [7, 11) is 0. The first kappa shape index (κ1) is 11.5. The van der Waals surface area contributed by atoms with Crippen molar-refractivity contribution in [3.63, 3.8) is 0 Å². The largest absolute Gasteiger partial charge is 0.396 e. The molecule has 17 heavy (non-hydrogen) atoms. The van der Waals surface area contributed by atoms with Gasteiger partial charge in [-0.05, 0) is 25.0 Å². The van der Waals surface area contributed by atoms with E-state index in [2.05, 4.69) is 41.5 Å². The molecule has 0 saturated heterocycles. The number of hydrogen-bond acceptors (Lipinski definition) is 3. The number of nitrogens with one attached hydrogen (secondary N) is 1. The molecule has 1 unspecified atom stereocenters. The standard InChI is InChI=1S/C14H17N3/c1-11(9-12-5-3-2-4-6-12)17-14-7-8-16-10-13(14)15/h2-8,10-11H,9,15H2,1H3,(H,16,17). The van der Waals surface area contributed by atoms with Crippen molar-refractivity contribution < 1.29 is 0 Å². The van der Waals surface area contributed by atoms with Crippen LogP contribution in [0.15, 0.2) is 48.8 Å². The van der Waals surface area contributed by atoms with Crippen molar-refractivity contribution in [1.82, 2.24) is 4.98 Å². The Morgan fingerprint density at radius 2 is 2.00 bits per heavy atom. The third-order valence-electron chi connectivity index (χ3n) is 2.64. The minimum atomic E-state index is 0.335. The third-order valence-corrected chi connectivity index (χ3v) is 2.64. The quantitative estimate of drug-likeness (QED) is 0.844. The Morgan fingerprint density at radius 1 is 1.24 bits per heavy atom. The highest BCUT2D eigenvalue weighted by Crippen LogP contribution is 2.17. The van der Waals surface area contributed by atoms with E-state index in [4.69, 9.17) is 5.73 Å². The maximum absolute atomic E-state index is 5.84. The molecule has 1 atom stereocenters. The van der Waals surface area contributed by atoms with Gasteiger partial charge in [-0.2, -0.15) is 0 Å². The molecule has 0 aliphatic heterocycles. The summed E-state index contributed by atoms with van der Waals surface area (Å²) in [6, 6.07) is 12.6. The predicted molar refractivity (Wildman–Crippen MR) is 71.9 cm³/mol. The molecule has 2 rings (SSSR count). The van der Waals surface area contributed by atoms with Gasteiger partial charge in [-0.15, -0.1) is 0 Å². The van der Waals surface area contributed by atoms with Crippen LogP contribution in [-0.4, -0.2) is 11.0 Å². The third kappa shape index (κ3) is 3.21. The molecule has 0 radical (unpaired) electrons. The number of aromatic nitrogens is 1. The van der Waals surface area contributed by atoms with E-state index in [9.17, 15) is 0 Å². The highest BCUT2D eigenvalue weighted by atomic mass is 14.9. The Morgan fingerprint density at radius 3 is 2.71 bits per heavy atom. The molecule has 0 fully saturated rings. The molecule has 3 nitrogen and oxygen atoms in total. The van der Waals surface area contributed by atoms with Gasteiger partial charge in [-0.3, -0.25) is 4.98 Å². The number of hydrogen-bond donors (Lipinski definition) is 2. The smallest absolute Gasteiger partial charge is 0.0736 e. The number of rotatable bonds is 4. The minimum absolute atomic E-state index is 0.335. The Kier molecular flexibility index (Phi) is 3.60. The highest BCUT2D eigenvalue weighted by Gasteiger charge is 2.05. The maximum atomic E-state index is 5.84. The summed E-state index contributed by atoms with van der Waals surface area (Å²) in [5, 5.41) is 3.39. The van der Waals surface area contributed by atoms with E-state index in [-0.39, 0.29) is 0 Å². The fourth-order valence-corrected chi connectivity index (χ4v) is 1.82. The van der Waals surface area contributed by atoms with E-state index in [0.717, 1.165) is 12.1 Å². The minimum Gasteiger partial charge on any atom is -0.396 e. The van der Waals surface area contributed by atoms with Gasteiger partial charge in [0.25, 0.3) is 0 Å². The van der Waals surface area contributed by atoms with E-state index >= 15 is 0 Å². The second kappa shape index (κ2) is 5.34. The lowest BCUT2D eigenvalue weighted by Crippen LogP contribution is -2.18. The van der Waals surface area contributed by atoms with Crippen LogP contribution in [0.25, 0.3) is 0 Å². The fourth-order valence-electron chi connectivity index (χ4n) is 1.82. The first-order valence-corrected chi connectivity index (χ1v) is 5.75. The van der Waals surface area contributed by atoms with E-state index < -0.39 is 0 Å². The van der Waals surface area contributed by atoms with Gasteiger partial charge in [-0.25, -0.2) is 0 Å². The summed E-state index contributed by atoms with van der Waals surface area (Å²) in [6.07, 6.45) is 4.38. The van der Waals surface area contributed by atoms with Crippen molar-refractivity contribution in [3.8, 4) is 0 Å². The number of nitrogens with two attached hydrogens (primary N) is 1. The molecule has 1 aromatic heterocycles. The van der Waals surface area contributed by atoms with Crippen molar-refractivity contribution in [3.05, 3.63) is 54.4 Å². The molecule has 0 spiro atoms. The fraction of sp³-hybridized carbons (Fsp3) is 0.214. The number of nitrogen functional groups attached to an aromatic ring is 1. The van der Waals surface area contributed by atoms with Gasteiger partial charge in [0.15, 0.2) is 0 Å². The molecule has 0 aliphatic carbocycles.